The molecule has 0 saturated carbocycles. The van der Waals surface area contributed by atoms with Crippen molar-refractivity contribution in [2.75, 3.05) is 0 Å². The highest BCUT2D eigenvalue weighted by Crippen LogP contribution is 2.17. The van der Waals surface area contributed by atoms with Crippen LogP contribution in [0.25, 0.3) is 0 Å². The Hall–Kier alpha value is -1.46. The highest BCUT2D eigenvalue weighted by molar-refractivity contribution is 7.80. The molecule has 0 aliphatic carbocycles. The normalized spacial score (nSPS) is 18.8. The van der Waals surface area contributed by atoms with Crippen molar-refractivity contribution in [3.8, 4) is 0 Å². The van der Waals surface area contributed by atoms with Gasteiger partial charge in [-0.3, -0.25) is 9.69 Å². The molecule has 20 heavy (non-hydrogen) atoms. The Morgan fingerprint density at radius 2 is 2.00 bits per heavy atom. The summed E-state index contributed by atoms with van der Waals surface area (Å²) >= 11 is 5.21. The number of nitrogens with one attached hydrogen (secondary N) is 1. The molecule has 1 aromatic carbocycles. The number of rotatable bonds is 5. The van der Waals surface area contributed by atoms with Gasteiger partial charge in [0.1, 0.15) is 6.04 Å². The second-order valence-corrected chi connectivity index (χ2v) is 5.61. The number of ether oxygens (including phenoxy) is 1. The number of carbonyl (C=O) groups is 1. The zero-order valence-corrected chi connectivity index (χ0v) is 12.9. The van der Waals surface area contributed by atoms with Crippen LogP contribution in [-0.4, -0.2) is 28.1 Å². The van der Waals surface area contributed by atoms with Gasteiger partial charge in [0.25, 0.3) is 5.91 Å². The summed E-state index contributed by atoms with van der Waals surface area (Å²) in [5.41, 5.74) is 2.16. The van der Waals surface area contributed by atoms with Crippen LogP contribution in [0, 0.1) is 0 Å². The molecule has 1 fully saturated rings. The van der Waals surface area contributed by atoms with Gasteiger partial charge in [0.05, 0.1) is 19.3 Å². The maximum atomic E-state index is 12.0. The Balaban J connectivity index is 2.13. The SMILES string of the molecule is CC(C)OCc1ccccc1CN1C(=O)[C@@H](C)NC1=S. The predicted molar refractivity (Wildman–Crippen MR) is 82.1 cm³/mol. The zero-order valence-electron chi connectivity index (χ0n) is 12.1. The van der Waals surface area contributed by atoms with E-state index in [1.807, 2.05) is 45.0 Å². The van der Waals surface area contributed by atoms with Gasteiger partial charge in [-0.1, -0.05) is 24.3 Å². The summed E-state index contributed by atoms with van der Waals surface area (Å²) in [6.07, 6.45) is 0.180. The van der Waals surface area contributed by atoms with E-state index in [1.165, 1.54) is 0 Å². The van der Waals surface area contributed by atoms with Gasteiger partial charge in [-0.25, -0.2) is 0 Å². The smallest absolute Gasteiger partial charge is 0.251 e. The van der Waals surface area contributed by atoms with Crippen molar-refractivity contribution in [2.45, 2.75) is 46.1 Å². The fourth-order valence-corrected chi connectivity index (χ4v) is 2.42. The van der Waals surface area contributed by atoms with Crippen molar-refractivity contribution >= 4 is 23.2 Å². The molecule has 1 aromatic rings. The number of carbonyl (C=O) groups excluding carboxylic acids is 1. The zero-order chi connectivity index (χ0) is 14.7. The van der Waals surface area contributed by atoms with Gasteiger partial charge in [-0.05, 0) is 44.1 Å². The Morgan fingerprint density at radius 1 is 1.35 bits per heavy atom. The van der Waals surface area contributed by atoms with Gasteiger partial charge in [0, 0.05) is 0 Å². The Bertz CT molecular complexity index is 516. The lowest BCUT2D eigenvalue weighted by Crippen LogP contribution is -2.30. The average Bonchev–Trinajstić information content (AvgIpc) is 2.64. The van der Waals surface area contributed by atoms with Crippen LogP contribution in [0.1, 0.15) is 31.9 Å². The number of benzene rings is 1. The second kappa shape index (κ2) is 6.33. The first-order valence-corrected chi connectivity index (χ1v) is 7.20. The molecular weight excluding hydrogens is 272 g/mol. The summed E-state index contributed by atoms with van der Waals surface area (Å²) in [6, 6.07) is 7.75. The first-order valence-electron chi connectivity index (χ1n) is 6.79. The maximum Gasteiger partial charge on any atom is 0.251 e. The minimum Gasteiger partial charge on any atom is -0.374 e. The maximum absolute atomic E-state index is 12.0. The molecule has 2 rings (SSSR count). The fraction of sp³-hybridized carbons (Fsp3) is 0.467. The fourth-order valence-electron chi connectivity index (χ4n) is 2.09. The standard InChI is InChI=1S/C15H20N2O2S/c1-10(2)19-9-13-7-5-4-6-12(13)8-17-14(18)11(3)16-15(17)20/h4-7,10-11H,8-9H2,1-3H3,(H,16,20)/t11-/m1/s1. The largest absolute Gasteiger partial charge is 0.374 e. The lowest BCUT2D eigenvalue weighted by Gasteiger charge is -2.18. The summed E-state index contributed by atoms with van der Waals surface area (Å²) in [5.74, 6) is 0.0228. The third kappa shape index (κ3) is 3.35. The molecule has 1 aliphatic heterocycles. The van der Waals surface area contributed by atoms with Crippen molar-refractivity contribution in [3.05, 3.63) is 35.4 Å². The van der Waals surface area contributed by atoms with Crippen LogP contribution in [-0.2, 0) is 22.7 Å². The van der Waals surface area contributed by atoms with Crippen molar-refractivity contribution in [1.82, 2.24) is 10.2 Å². The Kier molecular flexibility index (Phi) is 4.73. The van der Waals surface area contributed by atoms with E-state index in [1.54, 1.807) is 4.90 Å². The molecule has 0 spiro atoms. The third-order valence-corrected chi connectivity index (χ3v) is 3.58. The van der Waals surface area contributed by atoms with Gasteiger partial charge in [0.15, 0.2) is 5.11 Å². The van der Waals surface area contributed by atoms with E-state index >= 15 is 0 Å². The molecule has 1 atom stereocenters. The Morgan fingerprint density at radius 3 is 2.55 bits per heavy atom. The van der Waals surface area contributed by atoms with E-state index in [0.29, 0.717) is 18.3 Å². The molecule has 1 N–H and O–H groups in total. The van der Waals surface area contributed by atoms with E-state index in [2.05, 4.69) is 5.32 Å². The van der Waals surface area contributed by atoms with Gasteiger partial charge in [-0.2, -0.15) is 0 Å². The topological polar surface area (TPSA) is 41.6 Å². The van der Waals surface area contributed by atoms with Crippen molar-refractivity contribution in [2.24, 2.45) is 0 Å². The van der Waals surface area contributed by atoms with Crippen LogP contribution in [0.3, 0.4) is 0 Å². The molecule has 4 nitrogen and oxygen atoms in total. The van der Waals surface area contributed by atoms with E-state index < -0.39 is 0 Å². The van der Waals surface area contributed by atoms with Crippen LogP contribution < -0.4 is 5.32 Å². The van der Waals surface area contributed by atoms with E-state index in [-0.39, 0.29) is 18.1 Å². The van der Waals surface area contributed by atoms with Gasteiger partial charge in [-0.15, -0.1) is 0 Å². The van der Waals surface area contributed by atoms with Crippen LogP contribution in [0.4, 0.5) is 0 Å². The molecule has 0 radical (unpaired) electrons. The lowest BCUT2D eigenvalue weighted by molar-refractivity contribution is -0.127. The molecular formula is C15H20N2O2S. The van der Waals surface area contributed by atoms with Crippen molar-refractivity contribution in [1.29, 1.82) is 0 Å². The lowest BCUT2D eigenvalue weighted by atomic mass is 10.1. The summed E-state index contributed by atoms with van der Waals surface area (Å²) < 4.78 is 5.66. The number of thiocarbonyl (C=S) groups is 1. The van der Waals surface area contributed by atoms with E-state index in [9.17, 15) is 4.79 Å². The molecule has 0 bridgehead atoms. The average molecular weight is 292 g/mol. The molecule has 0 unspecified atom stereocenters. The van der Waals surface area contributed by atoms with Gasteiger partial charge in [0.2, 0.25) is 0 Å². The summed E-state index contributed by atoms with van der Waals surface area (Å²) in [4.78, 5) is 13.7. The number of hydrogen-bond acceptors (Lipinski definition) is 3. The van der Waals surface area contributed by atoms with Crippen molar-refractivity contribution in [3.63, 3.8) is 0 Å². The molecule has 1 amide bonds. The number of nitrogens with zero attached hydrogens (tertiary/aromatic N) is 1. The monoisotopic (exact) mass is 292 g/mol. The minimum absolute atomic E-state index is 0.0228. The third-order valence-electron chi connectivity index (χ3n) is 3.24. The molecule has 5 heteroatoms. The molecule has 1 aliphatic rings. The van der Waals surface area contributed by atoms with Gasteiger partial charge < -0.3 is 10.1 Å². The van der Waals surface area contributed by atoms with Crippen LogP contribution in [0.5, 0.6) is 0 Å². The quantitative estimate of drug-likeness (QED) is 0.845. The summed E-state index contributed by atoms with van der Waals surface area (Å²) in [7, 11) is 0. The molecule has 1 heterocycles. The highest BCUT2D eigenvalue weighted by atomic mass is 32.1. The molecule has 108 valence electrons. The molecule has 1 saturated heterocycles. The number of hydrogen-bond donors (Lipinski definition) is 1. The minimum atomic E-state index is -0.235. The second-order valence-electron chi connectivity index (χ2n) is 5.22. The van der Waals surface area contributed by atoms with E-state index in [4.69, 9.17) is 17.0 Å². The number of amides is 1. The van der Waals surface area contributed by atoms with E-state index in [0.717, 1.165) is 11.1 Å². The first kappa shape index (κ1) is 14.9. The Labute approximate surface area is 125 Å². The predicted octanol–water partition coefficient (Wildman–Crippen LogP) is 2.22. The molecule has 0 aromatic heterocycles. The highest BCUT2D eigenvalue weighted by Gasteiger charge is 2.32. The van der Waals surface area contributed by atoms with Crippen LogP contribution in [0.15, 0.2) is 24.3 Å². The van der Waals surface area contributed by atoms with Crippen LogP contribution >= 0.6 is 12.2 Å². The first-order chi connectivity index (χ1) is 9.49. The van der Waals surface area contributed by atoms with Crippen LogP contribution in [0.2, 0.25) is 0 Å². The van der Waals surface area contributed by atoms with Crippen molar-refractivity contribution < 1.29 is 9.53 Å². The summed E-state index contributed by atoms with van der Waals surface area (Å²) in [5, 5.41) is 3.49. The summed E-state index contributed by atoms with van der Waals surface area (Å²) in [6.45, 7) is 6.88. The van der Waals surface area contributed by atoms with Gasteiger partial charge >= 0.3 is 0 Å².